The van der Waals surface area contributed by atoms with Crippen LogP contribution in [0.3, 0.4) is 0 Å². The summed E-state index contributed by atoms with van der Waals surface area (Å²) in [5.74, 6) is 1.40. The van der Waals surface area contributed by atoms with E-state index in [1.54, 1.807) is 6.20 Å². The summed E-state index contributed by atoms with van der Waals surface area (Å²) >= 11 is 0. The van der Waals surface area contributed by atoms with Crippen LogP contribution in [0.25, 0.3) is 0 Å². The average molecular weight is 208 g/mol. The third-order valence-corrected chi connectivity index (χ3v) is 2.48. The molecule has 1 atom stereocenters. The van der Waals surface area contributed by atoms with E-state index in [-0.39, 0.29) is 0 Å². The summed E-state index contributed by atoms with van der Waals surface area (Å²) in [7, 11) is 0. The third kappa shape index (κ3) is 3.22. The quantitative estimate of drug-likeness (QED) is 0.705. The molecule has 86 valence electrons. The summed E-state index contributed by atoms with van der Waals surface area (Å²) in [6, 6.07) is 2.09. The summed E-state index contributed by atoms with van der Waals surface area (Å²) in [5.41, 5.74) is 8.40. The van der Waals surface area contributed by atoms with Gasteiger partial charge in [-0.15, -0.1) is 0 Å². The number of pyridine rings is 1. The Morgan fingerprint density at radius 1 is 1.27 bits per heavy atom. The van der Waals surface area contributed by atoms with Crippen LogP contribution in [-0.4, -0.2) is 4.98 Å². The van der Waals surface area contributed by atoms with E-state index in [1.165, 1.54) is 17.5 Å². The van der Waals surface area contributed by atoms with Crippen molar-refractivity contribution in [3.05, 3.63) is 23.4 Å². The van der Waals surface area contributed by atoms with Crippen LogP contribution in [0.2, 0.25) is 0 Å². The van der Waals surface area contributed by atoms with Crippen LogP contribution in [0.5, 0.6) is 0 Å². The first kappa shape index (κ1) is 13.9. The normalized spacial score (nSPS) is 16.7. The maximum absolute atomic E-state index is 5.72. The molecule has 0 bridgehead atoms. The van der Waals surface area contributed by atoms with Crippen molar-refractivity contribution in [3.8, 4) is 0 Å². The standard InChI is InChI=1S/C9H12N2.2C2H6/c1-6-2-3-8-7(6)4-5-11-9(8)10;2*1-2/h4-6H,2-3H2,1H3,(H2,10,11);2*1-2H3. The van der Waals surface area contributed by atoms with E-state index in [1.807, 2.05) is 27.7 Å². The van der Waals surface area contributed by atoms with E-state index in [0.29, 0.717) is 5.92 Å². The second-order valence-corrected chi connectivity index (χ2v) is 3.20. The van der Waals surface area contributed by atoms with Gasteiger partial charge in [0, 0.05) is 6.20 Å². The zero-order chi connectivity index (χ0) is 11.8. The lowest BCUT2D eigenvalue weighted by molar-refractivity contribution is 0.747. The van der Waals surface area contributed by atoms with E-state index in [4.69, 9.17) is 5.73 Å². The van der Waals surface area contributed by atoms with Crippen molar-refractivity contribution in [3.63, 3.8) is 0 Å². The molecule has 1 aliphatic carbocycles. The Morgan fingerprint density at radius 3 is 2.40 bits per heavy atom. The smallest absolute Gasteiger partial charge is 0.126 e. The number of nitrogens with two attached hydrogens (primary N) is 1. The summed E-state index contributed by atoms with van der Waals surface area (Å²) < 4.78 is 0. The zero-order valence-corrected chi connectivity index (χ0v) is 10.7. The van der Waals surface area contributed by atoms with Crippen molar-refractivity contribution in [1.82, 2.24) is 4.98 Å². The highest BCUT2D eigenvalue weighted by atomic mass is 14.8. The first-order valence-corrected chi connectivity index (χ1v) is 6.02. The van der Waals surface area contributed by atoms with E-state index in [2.05, 4.69) is 18.0 Å². The number of hydrogen-bond acceptors (Lipinski definition) is 2. The molecule has 0 saturated carbocycles. The molecule has 0 amide bonds. The van der Waals surface area contributed by atoms with Crippen LogP contribution in [0, 0.1) is 0 Å². The van der Waals surface area contributed by atoms with E-state index < -0.39 is 0 Å². The number of anilines is 1. The van der Waals surface area contributed by atoms with Crippen molar-refractivity contribution in [1.29, 1.82) is 0 Å². The number of rotatable bonds is 0. The zero-order valence-electron chi connectivity index (χ0n) is 10.7. The summed E-state index contributed by atoms with van der Waals surface area (Å²) in [5, 5.41) is 0. The fourth-order valence-corrected chi connectivity index (χ4v) is 1.77. The van der Waals surface area contributed by atoms with Crippen LogP contribution < -0.4 is 5.73 Å². The fraction of sp³-hybridized carbons (Fsp3) is 0.615. The number of aromatic nitrogens is 1. The van der Waals surface area contributed by atoms with Gasteiger partial charge in [-0.25, -0.2) is 4.98 Å². The SMILES string of the molecule is CC.CC.CC1CCc2c1ccnc2N. The molecule has 0 saturated heterocycles. The Labute approximate surface area is 93.9 Å². The minimum Gasteiger partial charge on any atom is -0.383 e. The molecule has 0 spiro atoms. The molecule has 1 aliphatic rings. The van der Waals surface area contributed by atoms with Gasteiger partial charge in [0.2, 0.25) is 0 Å². The van der Waals surface area contributed by atoms with E-state index >= 15 is 0 Å². The first-order chi connectivity index (χ1) is 7.29. The van der Waals surface area contributed by atoms with Crippen LogP contribution in [-0.2, 0) is 6.42 Å². The molecule has 15 heavy (non-hydrogen) atoms. The lowest BCUT2D eigenvalue weighted by atomic mass is 10.1. The summed E-state index contributed by atoms with van der Waals surface area (Å²) in [4.78, 5) is 4.06. The van der Waals surface area contributed by atoms with E-state index in [9.17, 15) is 0 Å². The van der Waals surface area contributed by atoms with Gasteiger partial charge in [0.1, 0.15) is 5.82 Å². The maximum Gasteiger partial charge on any atom is 0.126 e. The van der Waals surface area contributed by atoms with Crippen LogP contribution >= 0.6 is 0 Å². The van der Waals surface area contributed by atoms with Gasteiger partial charge in [0.15, 0.2) is 0 Å². The van der Waals surface area contributed by atoms with Crippen molar-refractivity contribution in [2.45, 2.75) is 53.4 Å². The second-order valence-electron chi connectivity index (χ2n) is 3.20. The number of hydrogen-bond donors (Lipinski definition) is 1. The van der Waals surface area contributed by atoms with Gasteiger partial charge < -0.3 is 5.73 Å². The minimum absolute atomic E-state index is 0.676. The predicted molar refractivity (Wildman–Crippen MR) is 68.1 cm³/mol. The molecule has 1 aromatic heterocycles. The largest absolute Gasteiger partial charge is 0.383 e. The Morgan fingerprint density at radius 2 is 1.87 bits per heavy atom. The molecule has 2 rings (SSSR count). The fourth-order valence-electron chi connectivity index (χ4n) is 1.77. The molecule has 1 aromatic rings. The predicted octanol–water partition coefficient (Wildman–Crippen LogP) is 3.77. The average Bonchev–Trinajstić information content (AvgIpc) is 2.68. The van der Waals surface area contributed by atoms with Crippen molar-refractivity contribution >= 4 is 5.82 Å². The highest BCUT2D eigenvalue weighted by Crippen LogP contribution is 2.34. The van der Waals surface area contributed by atoms with Crippen molar-refractivity contribution in [2.75, 3.05) is 5.73 Å². The lowest BCUT2D eigenvalue weighted by Gasteiger charge is -2.03. The van der Waals surface area contributed by atoms with Gasteiger partial charge in [-0.05, 0) is 36.0 Å². The van der Waals surface area contributed by atoms with Crippen LogP contribution in [0.1, 0.15) is 58.1 Å². The van der Waals surface area contributed by atoms with Gasteiger partial charge in [0.05, 0.1) is 0 Å². The molecule has 2 N–H and O–H groups in total. The van der Waals surface area contributed by atoms with Gasteiger partial charge in [-0.1, -0.05) is 34.6 Å². The van der Waals surface area contributed by atoms with Crippen LogP contribution in [0.15, 0.2) is 12.3 Å². The summed E-state index contributed by atoms with van der Waals surface area (Å²) in [6.07, 6.45) is 4.14. The lowest BCUT2D eigenvalue weighted by Crippen LogP contribution is -1.96. The molecule has 1 heterocycles. The molecule has 1 unspecified atom stereocenters. The molecule has 0 aromatic carbocycles. The van der Waals surface area contributed by atoms with E-state index in [0.717, 1.165) is 12.2 Å². The van der Waals surface area contributed by atoms with Crippen LogP contribution in [0.4, 0.5) is 5.82 Å². The second kappa shape index (κ2) is 7.27. The third-order valence-electron chi connectivity index (χ3n) is 2.48. The first-order valence-electron chi connectivity index (χ1n) is 6.02. The molecule has 0 radical (unpaired) electrons. The Balaban J connectivity index is 0.000000442. The molecular formula is C13H24N2. The van der Waals surface area contributed by atoms with Gasteiger partial charge in [-0.3, -0.25) is 0 Å². The molecule has 0 aliphatic heterocycles. The molecule has 2 nitrogen and oxygen atoms in total. The molecular weight excluding hydrogens is 184 g/mol. The topological polar surface area (TPSA) is 38.9 Å². The molecule has 2 heteroatoms. The highest BCUT2D eigenvalue weighted by molar-refractivity contribution is 5.48. The van der Waals surface area contributed by atoms with Gasteiger partial charge in [-0.2, -0.15) is 0 Å². The Bertz CT molecular complexity index is 282. The van der Waals surface area contributed by atoms with Gasteiger partial charge in [0.25, 0.3) is 0 Å². The Hall–Kier alpha value is -1.05. The Kier molecular flexibility index (Phi) is 6.76. The maximum atomic E-state index is 5.72. The number of fused-ring (bicyclic) bond motifs is 1. The summed E-state index contributed by atoms with van der Waals surface area (Å²) in [6.45, 7) is 10.2. The number of nitrogen functional groups attached to an aromatic ring is 1. The highest BCUT2D eigenvalue weighted by Gasteiger charge is 2.20. The van der Waals surface area contributed by atoms with Crippen molar-refractivity contribution in [2.24, 2.45) is 0 Å². The minimum atomic E-state index is 0.676. The molecule has 0 fully saturated rings. The van der Waals surface area contributed by atoms with Gasteiger partial charge >= 0.3 is 0 Å². The van der Waals surface area contributed by atoms with Crippen molar-refractivity contribution < 1.29 is 0 Å². The number of nitrogens with zero attached hydrogens (tertiary/aromatic N) is 1. The monoisotopic (exact) mass is 208 g/mol.